The topological polar surface area (TPSA) is 105 Å². The van der Waals surface area contributed by atoms with E-state index >= 15 is 0 Å². The number of rotatable bonds is 3. The summed E-state index contributed by atoms with van der Waals surface area (Å²) in [5, 5.41) is 13.8. The molecule has 0 bridgehead atoms. The van der Waals surface area contributed by atoms with E-state index in [1.165, 1.54) is 13.1 Å². The number of ether oxygens (including phenoxy) is 1. The number of hydrogen-bond acceptors (Lipinski definition) is 5. The molecule has 0 aromatic carbocycles. The van der Waals surface area contributed by atoms with Crippen LogP contribution in [0.4, 0.5) is 19.3 Å². The Hall–Kier alpha value is -2.98. The fourth-order valence-corrected chi connectivity index (χ4v) is 4.25. The maximum Gasteiger partial charge on any atom is 0.410 e. The van der Waals surface area contributed by atoms with Crippen LogP contribution in [0.2, 0.25) is 0 Å². The van der Waals surface area contributed by atoms with Crippen molar-refractivity contribution < 1.29 is 23.1 Å². The number of alkyl halides is 2. The molecule has 1 saturated heterocycles. The summed E-state index contributed by atoms with van der Waals surface area (Å²) < 4.78 is 35.5. The van der Waals surface area contributed by atoms with Gasteiger partial charge < -0.3 is 15.0 Å². The van der Waals surface area contributed by atoms with Crippen LogP contribution in [-0.2, 0) is 17.6 Å². The molecule has 2 amide bonds. The number of H-pyrrole nitrogens is 1. The van der Waals surface area contributed by atoms with Gasteiger partial charge in [-0.05, 0) is 40.0 Å². The first-order valence-electron chi connectivity index (χ1n) is 11.2. The van der Waals surface area contributed by atoms with Crippen molar-refractivity contribution in [3.05, 3.63) is 29.3 Å². The zero-order valence-electron chi connectivity index (χ0n) is 19.3. The first kappa shape index (κ1) is 23.2. The van der Waals surface area contributed by atoms with E-state index in [9.17, 15) is 18.4 Å². The van der Waals surface area contributed by atoms with Crippen LogP contribution in [-0.4, -0.2) is 61.5 Å². The van der Waals surface area contributed by atoms with Crippen molar-refractivity contribution >= 4 is 17.7 Å². The molecule has 1 aliphatic carbocycles. The molecule has 2 aromatic heterocycles. The molecule has 0 spiro atoms. The number of anilines is 1. The van der Waals surface area contributed by atoms with Gasteiger partial charge in [0.25, 0.3) is 11.8 Å². The molecule has 2 aliphatic rings. The fourth-order valence-electron chi connectivity index (χ4n) is 4.25. The first-order chi connectivity index (χ1) is 15.4. The van der Waals surface area contributed by atoms with Gasteiger partial charge in [-0.2, -0.15) is 10.2 Å². The summed E-state index contributed by atoms with van der Waals surface area (Å²) in [6.07, 6.45) is 3.97. The van der Waals surface area contributed by atoms with Gasteiger partial charge in [0, 0.05) is 42.9 Å². The zero-order valence-corrected chi connectivity index (χ0v) is 19.3. The van der Waals surface area contributed by atoms with Crippen LogP contribution >= 0.6 is 0 Å². The van der Waals surface area contributed by atoms with Crippen molar-refractivity contribution in [2.24, 2.45) is 5.92 Å². The van der Waals surface area contributed by atoms with Gasteiger partial charge in [-0.15, -0.1) is 0 Å². The van der Waals surface area contributed by atoms with Crippen LogP contribution in [0.15, 0.2) is 12.4 Å². The van der Waals surface area contributed by atoms with Crippen molar-refractivity contribution in [1.82, 2.24) is 24.9 Å². The summed E-state index contributed by atoms with van der Waals surface area (Å²) in [4.78, 5) is 26.6. The molecule has 0 saturated carbocycles. The van der Waals surface area contributed by atoms with Crippen LogP contribution in [0.5, 0.6) is 0 Å². The third-order valence-electron chi connectivity index (χ3n) is 6.16. The molecule has 1 atom stereocenters. The maximum absolute atomic E-state index is 14.2. The lowest BCUT2D eigenvalue weighted by Crippen LogP contribution is -2.42. The molecule has 1 fully saturated rings. The van der Waals surface area contributed by atoms with E-state index in [2.05, 4.69) is 20.6 Å². The predicted molar refractivity (Wildman–Crippen MR) is 116 cm³/mol. The smallest absolute Gasteiger partial charge is 0.410 e. The van der Waals surface area contributed by atoms with Crippen molar-refractivity contribution in [1.29, 1.82) is 0 Å². The van der Waals surface area contributed by atoms with Crippen LogP contribution in [0.25, 0.3) is 0 Å². The van der Waals surface area contributed by atoms with E-state index in [1.54, 1.807) is 15.8 Å². The lowest BCUT2D eigenvalue weighted by atomic mass is 9.84. The quantitative estimate of drug-likeness (QED) is 0.719. The number of nitrogens with zero attached hydrogens (tertiary/aromatic N) is 4. The summed E-state index contributed by atoms with van der Waals surface area (Å²) in [6, 6.07) is 0.0765. The second kappa shape index (κ2) is 8.42. The minimum absolute atomic E-state index is 0.00464. The number of aromatic amines is 1. The average molecular weight is 465 g/mol. The average Bonchev–Trinajstić information content (AvgIpc) is 3.34. The van der Waals surface area contributed by atoms with Crippen molar-refractivity contribution in [3.8, 4) is 0 Å². The zero-order chi connectivity index (χ0) is 24.0. The van der Waals surface area contributed by atoms with Crippen molar-refractivity contribution in [2.45, 2.75) is 70.9 Å². The van der Waals surface area contributed by atoms with Gasteiger partial charge in [0.05, 0.1) is 17.9 Å². The minimum atomic E-state index is -2.87. The highest BCUT2D eigenvalue weighted by Crippen LogP contribution is 2.38. The standard InChI is InChI=1S/C22H30F2N6O3/c1-13-9-17-16(10-22(13,23)24)18(28-27-17)19(31)26-14-11-25-30(12-14)15-5-7-29(8-6-15)20(32)33-21(2,3)4/h11-13,15H,5-10H2,1-4H3,(H,26,31)(H,27,28). The molecule has 9 nitrogen and oxygen atoms in total. The molecular formula is C22H30F2N6O3. The molecule has 180 valence electrons. The summed E-state index contributed by atoms with van der Waals surface area (Å²) in [7, 11) is 0. The second-order valence-electron chi connectivity index (χ2n) is 9.93. The number of likely N-dealkylation sites (tertiary alicyclic amines) is 1. The summed E-state index contributed by atoms with van der Waals surface area (Å²) in [5.74, 6) is -4.22. The van der Waals surface area contributed by atoms with Crippen molar-refractivity contribution in [3.63, 3.8) is 0 Å². The Balaban J connectivity index is 1.36. The molecule has 33 heavy (non-hydrogen) atoms. The van der Waals surface area contributed by atoms with Crippen LogP contribution in [0, 0.1) is 5.92 Å². The Labute approximate surface area is 190 Å². The van der Waals surface area contributed by atoms with Crippen LogP contribution in [0.3, 0.4) is 0 Å². The highest BCUT2D eigenvalue weighted by atomic mass is 19.3. The van der Waals surface area contributed by atoms with Crippen molar-refractivity contribution in [2.75, 3.05) is 18.4 Å². The number of carbonyl (C=O) groups excluding carboxylic acids is 2. The van der Waals surface area contributed by atoms with Gasteiger partial charge in [-0.1, -0.05) is 6.92 Å². The predicted octanol–water partition coefficient (Wildman–Crippen LogP) is 3.80. The Bertz CT molecular complexity index is 1030. The highest BCUT2D eigenvalue weighted by molar-refractivity contribution is 6.04. The molecule has 1 unspecified atom stereocenters. The van der Waals surface area contributed by atoms with Crippen LogP contribution in [0.1, 0.15) is 68.3 Å². The number of fused-ring (bicyclic) bond motifs is 1. The number of aromatic nitrogens is 4. The molecule has 1 aliphatic heterocycles. The molecular weight excluding hydrogens is 434 g/mol. The third-order valence-corrected chi connectivity index (χ3v) is 6.16. The number of hydrogen-bond donors (Lipinski definition) is 2. The molecule has 3 heterocycles. The SMILES string of the molecule is CC1Cc2[nH]nc(C(=O)Nc3cnn(C4CCN(C(=O)OC(C)(C)C)CC4)c3)c2CC1(F)F. The van der Waals surface area contributed by atoms with Gasteiger partial charge >= 0.3 is 6.09 Å². The van der Waals surface area contributed by atoms with E-state index < -0.39 is 29.8 Å². The Morgan fingerprint density at radius 3 is 2.64 bits per heavy atom. The van der Waals surface area contributed by atoms with Crippen LogP contribution < -0.4 is 5.32 Å². The largest absolute Gasteiger partial charge is 0.444 e. The number of carbonyl (C=O) groups is 2. The molecule has 0 radical (unpaired) electrons. The van der Waals surface area contributed by atoms with Gasteiger partial charge in [0.15, 0.2) is 5.69 Å². The van der Waals surface area contributed by atoms with E-state index in [4.69, 9.17) is 4.74 Å². The van der Waals surface area contributed by atoms with Gasteiger partial charge in [0.2, 0.25) is 0 Å². The number of nitrogens with one attached hydrogen (secondary N) is 2. The number of halogens is 2. The lowest BCUT2D eigenvalue weighted by molar-refractivity contribution is -0.0569. The monoisotopic (exact) mass is 464 g/mol. The Morgan fingerprint density at radius 1 is 1.27 bits per heavy atom. The van der Waals surface area contributed by atoms with Gasteiger partial charge in [-0.25, -0.2) is 13.6 Å². The Kier molecular flexibility index (Phi) is 5.92. The molecule has 2 N–H and O–H groups in total. The molecule has 11 heteroatoms. The molecule has 4 rings (SSSR count). The number of amides is 2. The molecule has 2 aromatic rings. The van der Waals surface area contributed by atoms with Gasteiger partial charge in [0.1, 0.15) is 5.60 Å². The van der Waals surface area contributed by atoms with E-state index in [1.807, 2.05) is 20.8 Å². The first-order valence-corrected chi connectivity index (χ1v) is 11.2. The van der Waals surface area contributed by atoms with E-state index in [0.717, 1.165) is 0 Å². The normalized spacial score (nSPS) is 20.9. The maximum atomic E-state index is 14.2. The highest BCUT2D eigenvalue weighted by Gasteiger charge is 2.43. The minimum Gasteiger partial charge on any atom is -0.444 e. The van der Waals surface area contributed by atoms with E-state index in [-0.39, 0.29) is 29.8 Å². The third kappa shape index (κ3) is 5.01. The fraction of sp³-hybridized carbons (Fsp3) is 0.636. The Morgan fingerprint density at radius 2 is 1.97 bits per heavy atom. The summed E-state index contributed by atoms with van der Waals surface area (Å²) in [5.41, 5.74) is 0.783. The summed E-state index contributed by atoms with van der Waals surface area (Å²) in [6.45, 7) is 8.10. The lowest BCUT2D eigenvalue weighted by Gasteiger charge is -2.33. The van der Waals surface area contributed by atoms with E-state index in [0.29, 0.717) is 37.3 Å². The second-order valence-corrected chi connectivity index (χ2v) is 9.93. The van der Waals surface area contributed by atoms with Gasteiger partial charge in [-0.3, -0.25) is 14.6 Å². The number of piperidine rings is 1. The summed E-state index contributed by atoms with van der Waals surface area (Å²) >= 11 is 0.